The van der Waals surface area contributed by atoms with Crippen LogP contribution < -0.4 is 0 Å². The molecule has 1 aromatic heterocycles. The van der Waals surface area contributed by atoms with Crippen LogP contribution in [0, 0.1) is 0 Å². The first kappa shape index (κ1) is 12.3. The molecule has 0 amide bonds. The van der Waals surface area contributed by atoms with Crippen LogP contribution in [0.25, 0.3) is 0 Å². The summed E-state index contributed by atoms with van der Waals surface area (Å²) in [7, 11) is 0. The van der Waals surface area contributed by atoms with Crippen molar-refractivity contribution in [3.63, 3.8) is 0 Å². The van der Waals surface area contributed by atoms with E-state index in [0.29, 0.717) is 18.9 Å². The minimum atomic E-state index is -0.548. The fraction of sp³-hybridized carbons (Fsp3) is 0.583. The summed E-state index contributed by atoms with van der Waals surface area (Å²) in [4.78, 5) is 4.34. The number of pyridine rings is 1. The number of nitrogens with zero attached hydrogens (tertiary/aromatic N) is 1. The average Bonchev–Trinajstić information content (AvgIpc) is 2.85. The Morgan fingerprint density at radius 3 is 2.71 bits per heavy atom. The largest absolute Gasteiger partial charge is 0.506 e. The second kappa shape index (κ2) is 5.95. The van der Waals surface area contributed by atoms with Crippen LogP contribution in [0.1, 0.15) is 30.5 Å². The molecule has 2 N–H and O–H groups in total. The van der Waals surface area contributed by atoms with Crippen molar-refractivity contribution >= 4 is 0 Å². The number of unbranched alkanes of at least 4 members (excludes halogenated alkanes) is 1. The van der Waals surface area contributed by atoms with Crippen LogP contribution in [0.4, 0.5) is 0 Å². The predicted molar refractivity (Wildman–Crippen MR) is 60.6 cm³/mol. The Kier molecular flexibility index (Phi) is 4.30. The van der Waals surface area contributed by atoms with E-state index in [9.17, 15) is 5.11 Å². The first-order valence-corrected chi connectivity index (χ1v) is 5.84. The van der Waals surface area contributed by atoms with Gasteiger partial charge in [-0.05, 0) is 31.4 Å². The van der Waals surface area contributed by atoms with Crippen LogP contribution in [-0.2, 0) is 15.9 Å². The van der Waals surface area contributed by atoms with Crippen molar-refractivity contribution in [2.45, 2.75) is 25.6 Å². The third-order valence-electron chi connectivity index (χ3n) is 2.65. The predicted octanol–water partition coefficient (Wildman–Crippen LogP) is 1.15. The molecule has 1 aliphatic rings. The van der Waals surface area contributed by atoms with E-state index in [1.807, 2.05) is 0 Å². The van der Waals surface area contributed by atoms with Gasteiger partial charge in [-0.25, -0.2) is 4.98 Å². The van der Waals surface area contributed by atoms with Crippen LogP contribution in [0.15, 0.2) is 12.1 Å². The van der Waals surface area contributed by atoms with Crippen LogP contribution in [0.5, 0.6) is 5.75 Å². The van der Waals surface area contributed by atoms with E-state index in [1.54, 1.807) is 12.1 Å². The molecule has 94 valence electrons. The number of aromatic nitrogens is 1. The minimum absolute atomic E-state index is 0.0998. The first-order valence-electron chi connectivity index (χ1n) is 5.84. The maximum absolute atomic E-state index is 9.70. The van der Waals surface area contributed by atoms with Gasteiger partial charge in [0, 0.05) is 12.3 Å². The van der Waals surface area contributed by atoms with Crippen LogP contribution in [0.3, 0.4) is 0 Å². The first-order chi connectivity index (χ1) is 8.31. The third kappa shape index (κ3) is 3.15. The molecule has 0 unspecified atom stereocenters. The number of hydrogen-bond acceptors (Lipinski definition) is 5. The smallest absolute Gasteiger partial charge is 0.204 e. The molecule has 1 fully saturated rings. The van der Waals surface area contributed by atoms with Crippen molar-refractivity contribution in [3.8, 4) is 5.75 Å². The van der Waals surface area contributed by atoms with Crippen molar-refractivity contribution in [3.05, 3.63) is 23.5 Å². The van der Waals surface area contributed by atoms with Gasteiger partial charge in [-0.3, -0.25) is 0 Å². The fourth-order valence-electron chi connectivity index (χ4n) is 1.76. The molecule has 2 heterocycles. The molecular formula is C12H17NO4. The molecule has 1 saturated heterocycles. The van der Waals surface area contributed by atoms with Crippen LogP contribution >= 0.6 is 0 Å². The normalized spacial score (nSPS) is 16.5. The molecule has 0 atom stereocenters. The Bertz CT molecular complexity index is 364. The van der Waals surface area contributed by atoms with E-state index in [4.69, 9.17) is 14.6 Å². The molecule has 2 rings (SSSR count). The van der Waals surface area contributed by atoms with Gasteiger partial charge in [-0.1, -0.05) is 0 Å². The topological polar surface area (TPSA) is 71.8 Å². The Labute approximate surface area is 100 Å². The zero-order valence-corrected chi connectivity index (χ0v) is 9.63. The highest BCUT2D eigenvalue weighted by Gasteiger charge is 2.23. The second-order valence-electron chi connectivity index (χ2n) is 3.96. The van der Waals surface area contributed by atoms with E-state index < -0.39 is 6.29 Å². The average molecular weight is 239 g/mol. The summed E-state index contributed by atoms with van der Waals surface area (Å²) in [5, 5.41) is 18.4. The van der Waals surface area contributed by atoms with Gasteiger partial charge in [0.25, 0.3) is 0 Å². The molecule has 5 heteroatoms. The standard InChI is InChI=1S/C12H17NO4/c14-6-2-1-3-9-4-5-10(15)11(13-9)12-16-7-8-17-12/h4-5,12,14-15H,1-3,6-8H2. The highest BCUT2D eigenvalue weighted by Crippen LogP contribution is 2.29. The number of rotatable bonds is 5. The zero-order chi connectivity index (χ0) is 12.1. The second-order valence-corrected chi connectivity index (χ2v) is 3.96. The lowest BCUT2D eigenvalue weighted by Gasteiger charge is -2.11. The molecule has 1 aromatic rings. The minimum Gasteiger partial charge on any atom is -0.506 e. The van der Waals surface area contributed by atoms with Crippen molar-refractivity contribution in [1.82, 2.24) is 4.98 Å². The Morgan fingerprint density at radius 2 is 2.00 bits per heavy atom. The Morgan fingerprint density at radius 1 is 1.24 bits per heavy atom. The zero-order valence-electron chi connectivity index (χ0n) is 9.63. The van der Waals surface area contributed by atoms with Crippen LogP contribution in [0.2, 0.25) is 0 Å². The number of aromatic hydroxyl groups is 1. The summed E-state index contributed by atoms with van der Waals surface area (Å²) in [5.41, 5.74) is 1.33. The van der Waals surface area contributed by atoms with E-state index in [2.05, 4.69) is 4.98 Å². The Hall–Kier alpha value is -1.17. The molecule has 0 spiro atoms. The molecule has 1 aliphatic heterocycles. The number of aliphatic hydroxyl groups is 1. The molecule has 5 nitrogen and oxygen atoms in total. The summed E-state index contributed by atoms with van der Waals surface area (Å²) in [6, 6.07) is 3.40. The lowest BCUT2D eigenvalue weighted by atomic mass is 10.1. The van der Waals surface area contributed by atoms with Gasteiger partial charge in [0.15, 0.2) is 0 Å². The number of aryl methyl sites for hydroxylation is 1. The van der Waals surface area contributed by atoms with Crippen molar-refractivity contribution < 1.29 is 19.7 Å². The Balaban J connectivity index is 2.06. The number of hydrogen-bond donors (Lipinski definition) is 2. The van der Waals surface area contributed by atoms with Crippen molar-refractivity contribution in [2.75, 3.05) is 19.8 Å². The van der Waals surface area contributed by atoms with E-state index in [1.165, 1.54) is 0 Å². The molecule has 0 radical (unpaired) electrons. The van der Waals surface area contributed by atoms with Gasteiger partial charge in [-0.2, -0.15) is 0 Å². The molecule has 17 heavy (non-hydrogen) atoms. The SMILES string of the molecule is OCCCCc1ccc(O)c(C2OCCO2)n1. The van der Waals surface area contributed by atoms with Gasteiger partial charge >= 0.3 is 0 Å². The summed E-state index contributed by atoms with van der Waals surface area (Å²) in [6.07, 6.45) is 1.86. The summed E-state index contributed by atoms with van der Waals surface area (Å²) in [5.74, 6) is 0.0998. The van der Waals surface area contributed by atoms with Crippen molar-refractivity contribution in [2.24, 2.45) is 0 Å². The quantitative estimate of drug-likeness (QED) is 0.754. The molecule has 0 saturated carbocycles. The fourth-order valence-corrected chi connectivity index (χ4v) is 1.76. The summed E-state index contributed by atoms with van der Waals surface area (Å²) in [6.45, 7) is 1.25. The number of aliphatic hydroxyl groups excluding tert-OH is 1. The summed E-state index contributed by atoms with van der Waals surface area (Å²) >= 11 is 0. The maximum Gasteiger partial charge on any atom is 0.204 e. The van der Waals surface area contributed by atoms with E-state index in [-0.39, 0.29) is 12.4 Å². The summed E-state index contributed by atoms with van der Waals surface area (Å²) < 4.78 is 10.6. The molecular weight excluding hydrogens is 222 g/mol. The molecule has 0 bridgehead atoms. The van der Waals surface area contributed by atoms with Gasteiger partial charge < -0.3 is 19.7 Å². The van der Waals surface area contributed by atoms with Gasteiger partial charge in [-0.15, -0.1) is 0 Å². The maximum atomic E-state index is 9.70. The monoisotopic (exact) mass is 239 g/mol. The molecule has 0 aliphatic carbocycles. The van der Waals surface area contributed by atoms with E-state index in [0.717, 1.165) is 25.0 Å². The van der Waals surface area contributed by atoms with Crippen molar-refractivity contribution in [1.29, 1.82) is 0 Å². The van der Waals surface area contributed by atoms with Gasteiger partial charge in [0.1, 0.15) is 11.4 Å². The third-order valence-corrected chi connectivity index (χ3v) is 2.65. The van der Waals surface area contributed by atoms with Gasteiger partial charge in [0.05, 0.1) is 13.2 Å². The van der Waals surface area contributed by atoms with E-state index >= 15 is 0 Å². The van der Waals surface area contributed by atoms with Crippen LogP contribution in [-0.4, -0.2) is 35.0 Å². The lowest BCUT2D eigenvalue weighted by Crippen LogP contribution is -2.04. The highest BCUT2D eigenvalue weighted by atomic mass is 16.7. The van der Waals surface area contributed by atoms with Gasteiger partial charge in [0.2, 0.25) is 6.29 Å². The number of ether oxygens (including phenoxy) is 2. The highest BCUT2D eigenvalue weighted by molar-refractivity contribution is 5.29. The lowest BCUT2D eigenvalue weighted by molar-refractivity contribution is -0.0488. The molecule has 0 aromatic carbocycles.